The molecule has 0 aliphatic carbocycles. The predicted octanol–water partition coefficient (Wildman–Crippen LogP) is 8.09. The normalized spacial score (nSPS) is 24.6. The summed E-state index contributed by atoms with van der Waals surface area (Å²) in [5.74, 6) is -6.16. The van der Waals surface area contributed by atoms with Crippen molar-refractivity contribution in [1.82, 2.24) is 36.0 Å². The quantitative estimate of drug-likeness (QED) is 0.0397. The zero-order chi connectivity index (χ0) is 58.6. The third kappa shape index (κ3) is 23.9. The number of cyclic esters (lactones) is 2. The van der Waals surface area contributed by atoms with Gasteiger partial charge in [0.05, 0.1) is 6.54 Å². The molecule has 0 radical (unpaired) electrons. The van der Waals surface area contributed by atoms with Crippen LogP contribution in [0.5, 0.6) is 0 Å². The highest BCUT2D eigenvalue weighted by Gasteiger charge is 2.38. The van der Waals surface area contributed by atoms with Gasteiger partial charge in [0, 0.05) is 57.0 Å². The summed E-state index contributed by atoms with van der Waals surface area (Å²) in [7, 11) is 6.47. The van der Waals surface area contributed by atoms with Gasteiger partial charge in [-0.25, -0.2) is 14.4 Å². The van der Waals surface area contributed by atoms with Crippen molar-refractivity contribution >= 4 is 59.2 Å². The standard InChI is InChI=1S/C59H96ClN7O11/c1-15-39(5)51-54(70)63-44(10)58(74)78-52(40(6)16-2)42(8)48(77-59(75)65(12)34-26-24-22-20-18-17-19-21-23-25-33-61-11)32-27-41(7)57(73)76-49(35-38(3)4)53(69)62-43(9)55(71)67(14)47(36-45-28-30-46(60)31-29-45)56(72)66(13)37-50(68)64-51/h16,27-31,38-39,42-44,47-49,51-52,61H,15,17-26,32-37H2,1-14H3,(H,62,69)(H,63,70)(H,64,68)/b40-16+,41-27+/t39?,42-,43-,44+,47+,48-,49+,51-,52+/m0/s1. The van der Waals surface area contributed by atoms with E-state index in [-0.39, 0.29) is 30.8 Å². The fourth-order valence-corrected chi connectivity index (χ4v) is 9.20. The predicted molar refractivity (Wildman–Crippen MR) is 305 cm³/mol. The summed E-state index contributed by atoms with van der Waals surface area (Å²) in [5, 5.41) is 11.8. The van der Waals surface area contributed by atoms with Crippen molar-refractivity contribution in [3.8, 4) is 0 Å². The summed E-state index contributed by atoms with van der Waals surface area (Å²) < 4.78 is 18.2. The lowest BCUT2D eigenvalue weighted by Gasteiger charge is -2.33. The molecular weight excluding hydrogens is 1020 g/mol. The number of esters is 2. The summed E-state index contributed by atoms with van der Waals surface area (Å²) in [6.45, 7) is 18.1. The van der Waals surface area contributed by atoms with E-state index in [1.54, 1.807) is 71.2 Å². The van der Waals surface area contributed by atoms with E-state index in [4.69, 9.17) is 25.8 Å². The molecule has 0 saturated heterocycles. The van der Waals surface area contributed by atoms with Gasteiger partial charge in [-0.3, -0.25) is 24.0 Å². The van der Waals surface area contributed by atoms with Crippen LogP contribution in [0, 0.1) is 17.8 Å². The van der Waals surface area contributed by atoms with Crippen molar-refractivity contribution < 1.29 is 52.6 Å². The first-order chi connectivity index (χ1) is 36.9. The Bertz CT molecular complexity index is 2150. The van der Waals surface area contributed by atoms with Crippen LogP contribution < -0.4 is 21.3 Å². The van der Waals surface area contributed by atoms with Gasteiger partial charge in [-0.05, 0) is 103 Å². The molecule has 18 nitrogen and oxygen atoms in total. The molecule has 19 heteroatoms. The lowest BCUT2D eigenvalue weighted by Crippen LogP contribution is -2.57. The monoisotopic (exact) mass is 1110 g/mol. The van der Waals surface area contributed by atoms with Crippen molar-refractivity contribution in [3.63, 3.8) is 0 Å². The zero-order valence-corrected chi connectivity index (χ0v) is 50.2. The number of likely N-dealkylation sites (N-methyl/N-ethyl adjacent to an activating group) is 2. The maximum atomic E-state index is 14.4. The van der Waals surface area contributed by atoms with Crippen LogP contribution in [0.15, 0.2) is 47.6 Å². The Kier molecular flexibility index (Phi) is 31.6. The number of hydrogen-bond acceptors (Lipinski definition) is 12. The Morgan fingerprint density at radius 2 is 1.42 bits per heavy atom. The van der Waals surface area contributed by atoms with Crippen LogP contribution in [-0.2, 0) is 54.2 Å². The molecule has 0 spiro atoms. The average molecular weight is 1110 g/mol. The first-order valence-electron chi connectivity index (χ1n) is 28.3. The number of carbonyl (C=O) groups excluding carboxylic acids is 8. The van der Waals surface area contributed by atoms with Crippen molar-refractivity contribution in [1.29, 1.82) is 0 Å². The van der Waals surface area contributed by atoms with E-state index < -0.39 is 108 Å². The van der Waals surface area contributed by atoms with Crippen LogP contribution in [0.3, 0.4) is 0 Å². The van der Waals surface area contributed by atoms with Crippen molar-refractivity contribution in [2.45, 2.75) is 202 Å². The van der Waals surface area contributed by atoms with E-state index in [1.807, 2.05) is 27.8 Å². The van der Waals surface area contributed by atoms with E-state index in [0.717, 1.165) is 37.1 Å². The molecule has 1 aromatic carbocycles. The summed E-state index contributed by atoms with van der Waals surface area (Å²) in [6.07, 6.45) is 11.3. The van der Waals surface area contributed by atoms with Gasteiger partial charge < -0.3 is 50.2 Å². The third-order valence-electron chi connectivity index (χ3n) is 14.6. The zero-order valence-electron chi connectivity index (χ0n) is 49.5. The van der Waals surface area contributed by atoms with E-state index in [9.17, 15) is 38.4 Å². The number of nitrogens with one attached hydrogen (secondary N) is 4. The Balaban J connectivity index is 2.59. The average Bonchev–Trinajstić information content (AvgIpc) is 3.40. The van der Waals surface area contributed by atoms with Crippen LogP contribution in [0.4, 0.5) is 4.79 Å². The molecule has 1 unspecified atom stereocenters. The number of rotatable bonds is 21. The molecule has 1 aromatic rings. The first kappa shape index (κ1) is 68.6. The van der Waals surface area contributed by atoms with Gasteiger partial charge in [0.2, 0.25) is 23.6 Å². The Morgan fingerprint density at radius 3 is 1.99 bits per heavy atom. The lowest BCUT2D eigenvalue weighted by atomic mass is 9.90. The molecule has 0 bridgehead atoms. The van der Waals surface area contributed by atoms with E-state index >= 15 is 0 Å². The van der Waals surface area contributed by atoms with Gasteiger partial charge in [-0.1, -0.05) is 128 Å². The lowest BCUT2D eigenvalue weighted by molar-refractivity contribution is -0.155. The second-order valence-electron chi connectivity index (χ2n) is 21.8. The van der Waals surface area contributed by atoms with E-state index in [0.29, 0.717) is 29.1 Å². The van der Waals surface area contributed by atoms with E-state index in [1.165, 1.54) is 83.2 Å². The van der Waals surface area contributed by atoms with Gasteiger partial charge in [0.25, 0.3) is 5.91 Å². The number of halogens is 1. The largest absolute Gasteiger partial charge is 0.456 e. The summed E-state index contributed by atoms with van der Waals surface area (Å²) in [6, 6.07) is 2.01. The minimum atomic E-state index is -1.32. The maximum absolute atomic E-state index is 14.4. The molecule has 1 heterocycles. The van der Waals surface area contributed by atoms with Crippen LogP contribution in [-0.4, -0.2) is 153 Å². The van der Waals surface area contributed by atoms with Crippen molar-refractivity contribution in [3.05, 3.63) is 58.1 Å². The second kappa shape index (κ2) is 35.9. The number of amides is 6. The minimum Gasteiger partial charge on any atom is -0.456 e. The number of ether oxygens (including phenoxy) is 3. The highest BCUT2D eigenvalue weighted by molar-refractivity contribution is 6.30. The topological polar surface area (TPSA) is 222 Å². The van der Waals surface area contributed by atoms with Crippen LogP contribution >= 0.6 is 11.6 Å². The number of allylic oxidation sites excluding steroid dienone is 1. The Hall–Kier alpha value is -5.49. The molecule has 1 aliphatic rings. The number of carbonyl (C=O) groups is 8. The van der Waals surface area contributed by atoms with Crippen molar-refractivity contribution in [2.24, 2.45) is 17.8 Å². The van der Waals surface area contributed by atoms with Gasteiger partial charge in [-0.2, -0.15) is 0 Å². The highest BCUT2D eigenvalue weighted by Crippen LogP contribution is 2.27. The van der Waals surface area contributed by atoms with Gasteiger partial charge in [0.15, 0.2) is 6.10 Å². The highest BCUT2D eigenvalue weighted by atomic mass is 35.5. The minimum absolute atomic E-state index is 0.0122. The fourth-order valence-electron chi connectivity index (χ4n) is 9.07. The SMILES string of the molecule is C/C=C(\C)[C@H]1OC(=O)[C@@H](C)NC(=O)[C@H](C(C)CC)NC(=O)CN(C)C(=O)[C@@H](Cc2ccc(Cl)cc2)N(C)C(=O)[C@H](C)NC(=O)[C@@H](CC(C)C)OC(=O)/C(C)=C/C[C@H](OC(=O)N(C)CCCCCCCCCCCCNC)[C@@H]1C. The first-order valence-corrected chi connectivity index (χ1v) is 28.7. The number of hydrogen-bond donors (Lipinski definition) is 4. The molecule has 0 aromatic heterocycles. The molecule has 6 amide bonds. The van der Waals surface area contributed by atoms with Crippen molar-refractivity contribution in [2.75, 3.05) is 47.8 Å². The van der Waals surface area contributed by atoms with Crippen LogP contribution in [0.1, 0.15) is 158 Å². The number of unbranched alkanes of at least 4 members (excludes halogenated alkanes) is 9. The summed E-state index contributed by atoms with van der Waals surface area (Å²) in [4.78, 5) is 116. The van der Waals surface area contributed by atoms with E-state index in [2.05, 4.69) is 21.3 Å². The second-order valence-corrected chi connectivity index (χ2v) is 22.2. The summed E-state index contributed by atoms with van der Waals surface area (Å²) >= 11 is 6.17. The third-order valence-corrected chi connectivity index (χ3v) is 14.9. The number of benzene rings is 1. The smallest absolute Gasteiger partial charge is 0.409 e. The molecule has 440 valence electrons. The Labute approximate surface area is 471 Å². The van der Waals surface area contributed by atoms with Gasteiger partial charge in [-0.15, -0.1) is 0 Å². The van der Waals surface area contributed by atoms with Gasteiger partial charge >= 0.3 is 18.0 Å². The molecule has 1 aliphatic heterocycles. The molecule has 78 heavy (non-hydrogen) atoms. The molecule has 2 rings (SSSR count). The van der Waals surface area contributed by atoms with Gasteiger partial charge in [0.1, 0.15) is 36.4 Å². The Morgan fingerprint density at radius 1 is 0.846 bits per heavy atom. The maximum Gasteiger partial charge on any atom is 0.409 e. The molecular formula is C59H96ClN7O11. The number of nitrogens with zero attached hydrogens (tertiary/aromatic N) is 3. The molecule has 9 atom stereocenters. The fraction of sp³-hybridized carbons (Fsp3) is 0.695. The van der Waals surface area contributed by atoms with Crippen LogP contribution in [0.25, 0.3) is 0 Å². The molecule has 0 fully saturated rings. The summed E-state index contributed by atoms with van der Waals surface area (Å²) in [5.41, 5.74) is 1.40. The van der Waals surface area contributed by atoms with Crippen LogP contribution in [0.2, 0.25) is 5.02 Å². The molecule has 4 N–H and O–H groups in total. The molecule has 0 saturated carbocycles.